The molecule has 0 saturated carbocycles. The second kappa shape index (κ2) is 7.06. The molecule has 1 aliphatic heterocycles. The van der Waals surface area contributed by atoms with Crippen LogP contribution in [0.15, 0.2) is 24.3 Å². The minimum absolute atomic E-state index is 0.0435. The first-order valence-corrected chi connectivity index (χ1v) is 7.20. The number of anilines is 1. The van der Waals surface area contributed by atoms with Crippen molar-refractivity contribution in [1.82, 2.24) is 4.90 Å². The number of hydrogen-bond donors (Lipinski definition) is 1. The number of likely N-dealkylation sites (tertiary alicyclic amines) is 1. The van der Waals surface area contributed by atoms with Gasteiger partial charge in [-0.25, -0.2) is 0 Å². The van der Waals surface area contributed by atoms with Crippen molar-refractivity contribution in [2.24, 2.45) is 5.92 Å². The number of rotatable bonds is 5. The van der Waals surface area contributed by atoms with E-state index in [9.17, 15) is 4.79 Å². The van der Waals surface area contributed by atoms with E-state index in [1.165, 1.54) is 13.0 Å². The monoisotopic (exact) mass is 271 g/mol. The van der Waals surface area contributed by atoms with Gasteiger partial charge in [-0.15, -0.1) is 0 Å². The van der Waals surface area contributed by atoms with Gasteiger partial charge < -0.3 is 10.2 Å². The highest BCUT2D eigenvalue weighted by molar-refractivity contribution is 5.90. The van der Waals surface area contributed by atoms with E-state index in [1.54, 1.807) is 24.3 Å². The molecule has 1 aromatic rings. The third kappa shape index (κ3) is 4.36. The van der Waals surface area contributed by atoms with Crippen LogP contribution in [0, 0.1) is 17.2 Å². The molecule has 1 heterocycles. The van der Waals surface area contributed by atoms with E-state index < -0.39 is 0 Å². The Morgan fingerprint density at radius 1 is 1.45 bits per heavy atom. The summed E-state index contributed by atoms with van der Waals surface area (Å²) < 4.78 is 0. The quantitative estimate of drug-likeness (QED) is 0.895. The molecule has 0 radical (unpaired) electrons. The molecule has 106 valence electrons. The Kier molecular flexibility index (Phi) is 5.14. The summed E-state index contributed by atoms with van der Waals surface area (Å²) in [6.07, 6.45) is 2.72. The van der Waals surface area contributed by atoms with E-state index in [-0.39, 0.29) is 5.91 Å². The van der Waals surface area contributed by atoms with E-state index in [1.807, 2.05) is 0 Å². The van der Waals surface area contributed by atoms with Gasteiger partial charge in [0.1, 0.15) is 0 Å². The number of benzene rings is 1. The van der Waals surface area contributed by atoms with E-state index in [0.29, 0.717) is 12.0 Å². The lowest BCUT2D eigenvalue weighted by molar-refractivity contribution is -0.116. The number of amides is 1. The molecule has 1 saturated heterocycles. The van der Waals surface area contributed by atoms with Crippen molar-refractivity contribution in [1.29, 1.82) is 5.26 Å². The minimum atomic E-state index is 0.0435. The third-order valence-corrected chi connectivity index (χ3v) is 3.68. The van der Waals surface area contributed by atoms with E-state index in [4.69, 9.17) is 5.26 Å². The normalized spacial score (nSPS) is 18.7. The lowest BCUT2D eigenvalue weighted by Gasteiger charge is -2.14. The summed E-state index contributed by atoms with van der Waals surface area (Å²) in [7, 11) is 0. The molecule has 0 aliphatic carbocycles. The fraction of sp³-hybridized carbons (Fsp3) is 0.500. The molecule has 1 unspecified atom stereocenters. The van der Waals surface area contributed by atoms with Crippen LogP contribution >= 0.6 is 0 Å². The van der Waals surface area contributed by atoms with E-state index >= 15 is 0 Å². The van der Waals surface area contributed by atoms with Gasteiger partial charge >= 0.3 is 0 Å². The molecule has 1 atom stereocenters. The van der Waals surface area contributed by atoms with Crippen molar-refractivity contribution in [2.75, 3.05) is 25.0 Å². The Balaban J connectivity index is 1.68. The average Bonchev–Trinajstić information content (AvgIpc) is 2.85. The van der Waals surface area contributed by atoms with Crippen LogP contribution in [-0.4, -0.2) is 30.4 Å². The summed E-state index contributed by atoms with van der Waals surface area (Å²) in [5, 5.41) is 11.6. The largest absolute Gasteiger partial charge is 0.326 e. The fourth-order valence-corrected chi connectivity index (χ4v) is 2.54. The number of hydrogen-bond acceptors (Lipinski definition) is 3. The standard InChI is InChI=1S/C16H21N3O/c1-13-8-10-19(12-13)9-2-3-16(20)18-15-6-4-14(11-17)5-7-15/h4-7,13H,2-3,8-10,12H2,1H3,(H,18,20). The third-order valence-electron chi connectivity index (χ3n) is 3.68. The smallest absolute Gasteiger partial charge is 0.224 e. The van der Waals surface area contributed by atoms with Gasteiger partial charge in [0, 0.05) is 18.7 Å². The first kappa shape index (κ1) is 14.5. The van der Waals surface area contributed by atoms with Crippen molar-refractivity contribution in [2.45, 2.75) is 26.2 Å². The van der Waals surface area contributed by atoms with Gasteiger partial charge in [-0.1, -0.05) is 6.92 Å². The Labute approximate surface area is 120 Å². The molecule has 1 fully saturated rings. The number of nitriles is 1. The summed E-state index contributed by atoms with van der Waals surface area (Å²) in [5.74, 6) is 0.837. The summed E-state index contributed by atoms with van der Waals surface area (Å²) in [5.41, 5.74) is 1.36. The second-order valence-corrected chi connectivity index (χ2v) is 5.54. The highest BCUT2D eigenvalue weighted by atomic mass is 16.1. The maximum atomic E-state index is 11.8. The first-order valence-electron chi connectivity index (χ1n) is 7.20. The maximum Gasteiger partial charge on any atom is 0.224 e. The topological polar surface area (TPSA) is 56.1 Å². The first-order chi connectivity index (χ1) is 9.67. The van der Waals surface area contributed by atoms with Gasteiger partial charge in [0.2, 0.25) is 5.91 Å². The van der Waals surface area contributed by atoms with Crippen LogP contribution in [0.4, 0.5) is 5.69 Å². The van der Waals surface area contributed by atoms with Crippen molar-refractivity contribution in [3.63, 3.8) is 0 Å². The number of nitrogens with zero attached hydrogens (tertiary/aromatic N) is 2. The zero-order valence-electron chi connectivity index (χ0n) is 11.9. The van der Waals surface area contributed by atoms with Crippen LogP contribution in [0.2, 0.25) is 0 Å². The molecule has 1 N–H and O–H groups in total. The Morgan fingerprint density at radius 2 is 2.20 bits per heavy atom. The van der Waals surface area contributed by atoms with Crippen molar-refractivity contribution < 1.29 is 4.79 Å². The number of carbonyl (C=O) groups excluding carboxylic acids is 1. The van der Waals surface area contributed by atoms with Crippen molar-refractivity contribution >= 4 is 11.6 Å². The number of nitrogens with one attached hydrogen (secondary N) is 1. The van der Waals surface area contributed by atoms with E-state index in [0.717, 1.165) is 31.1 Å². The summed E-state index contributed by atoms with van der Waals surface area (Å²) in [4.78, 5) is 14.2. The minimum Gasteiger partial charge on any atom is -0.326 e. The van der Waals surface area contributed by atoms with E-state index in [2.05, 4.69) is 23.2 Å². The predicted molar refractivity (Wildman–Crippen MR) is 79.2 cm³/mol. The second-order valence-electron chi connectivity index (χ2n) is 5.54. The number of carbonyl (C=O) groups is 1. The van der Waals surface area contributed by atoms with Crippen LogP contribution in [0.3, 0.4) is 0 Å². The molecular weight excluding hydrogens is 250 g/mol. The molecule has 0 bridgehead atoms. The molecule has 1 amide bonds. The van der Waals surface area contributed by atoms with Crippen LogP contribution < -0.4 is 5.32 Å². The Hall–Kier alpha value is -1.86. The predicted octanol–water partition coefficient (Wildman–Crippen LogP) is 2.62. The lowest BCUT2D eigenvalue weighted by Crippen LogP contribution is -2.23. The van der Waals surface area contributed by atoms with Gasteiger partial charge in [0.25, 0.3) is 0 Å². The van der Waals surface area contributed by atoms with Gasteiger partial charge in [0.05, 0.1) is 11.6 Å². The zero-order valence-corrected chi connectivity index (χ0v) is 11.9. The summed E-state index contributed by atoms with van der Waals surface area (Å²) >= 11 is 0. The molecule has 0 aromatic heterocycles. The Morgan fingerprint density at radius 3 is 2.80 bits per heavy atom. The van der Waals surface area contributed by atoms with Crippen molar-refractivity contribution in [3.05, 3.63) is 29.8 Å². The molecule has 1 aliphatic rings. The fourth-order valence-electron chi connectivity index (χ4n) is 2.54. The molecule has 4 heteroatoms. The molecule has 0 spiro atoms. The highest BCUT2D eigenvalue weighted by Crippen LogP contribution is 2.15. The summed E-state index contributed by atoms with van der Waals surface area (Å²) in [6.45, 7) is 5.61. The molecule has 20 heavy (non-hydrogen) atoms. The SMILES string of the molecule is CC1CCN(CCCC(=O)Nc2ccc(C#N)cc2)C1. The van der Waals surface area contributed by atoms with Gasteiger partial charge in [-0.3, -0.25) is 4.79 Å². The Bertz CT molecular complexity index is 489. The molecular formula is C16H21N3O. The van der Waals surface area contributed by atoms with Gasteiger partial charge in [-0.2, -0.15) is 5.26 Å². The van der Waals surface area contributed by atoms with Crippen LogP contribution in [0.5, 0.6) is 0 Å². The average molecular weight is 271 g/mol. The lowest BCUT2D eigenvalue weighted by atomic mass is 10.2. The van der Waals surface area contributed by atoms with Gasteiger partial charge in [0.15, 0.2) is 0 Å². The van der Waals surface area contributed by atoms with Gasteiger partial charge in [-0.05, 0) is 56.1 Å². The van der Waals surface area contributed by atoms with Crippen LogP contribution in [0.25, 0.3) is 0 Å². The molecule has 1 aromatic carbocycles. The van der Waals surface area contributed by atoms with Crippen LogP contribution in [-0.2, 0) is 4.79 Å². The molecule has 2 rings (SSSR count). The van der Waals surface area contributed by atoms with Crippen molar-refractivity contribution in [3.8, 4) is 6.07 Å². The maximum absolute atomic E-state index is 11.8. The molecule has 4 nitrogen and oxygen atoms in total. The zero-order chi connectivity index (χ0) is 14.4. The van der Waals surface area contributed by atoms with Crippen LogP contribution in [0.1, 0.15) is 31.7 Å². The highest BCUT2D eigenvalue weighted by Gasteiger charge is 2.17. The summed E-state index contributed by atoms with van der Waals surface area (Å²) in [6, 6.07) is 9.00.